The Bertz CT molecular complexity index is 772. The first-order chi connectivity index (χ1) is 12.4. The van der Waals surface area contributed by atoms with E-state index in [1.807, 2.05) is 30.3 Å². The molecular weight excluding hydrogens is 338 g/mol. The number of carboxylic acids is 1. The summed E-state index contributed by atoms with van der Waals surface area (Å²) in [5.74, 6) is -1.84. The quantitative estimate of drug-likeness (QED) is 0.718. The summed E-state index contributed by atoms with van der Waals surface area (Å²) in [4.78, 5) is 38.0. The fourth-order valence-corrected chi connectivity index (χ4v) is 2.24. The number of benzene rings is 1. The van der Waals surface area contributed by atoms with Crippen molar-refractivity contribution in [1.29, 1.82) is 0 Å². The number of aromatic nitrogens is 3. The lowest BCUT2D eigenvalue weighted by atomic mass is 10.1. The predicted octanol–water partition coefficient (Wildman–Crippen LogP) is 0.136. The lowest BCUT2D eigenvalue weighted by molar-refractivity contribution is -0.137. The van der Waals surface area contributed by atoms with Gasteiger partial charge in [-0.1, -0.05) is 35.5 Å². The Hall–Kier alpha value is -3.23. The van der Waals surface area contributed by atoms with Crippen LogP contribution in [0.15, 0.2) is 36.5 Å². The molecule has 1 heterocycles. The highest BCUT2D eigenvalue weighted by Gasteiger charge is 2.22. The molecular formula is C17H21N5O4. The Morgan fingerprint density at radius 3 is 2.46 bits per heavy atom. The van der Waals surface area contributed by atoms with Crippen molar-refractivity contribution in [2.45, 2.75) is 13.0 Å². The van der Waals surface area contributed by atoms with E-state index in [9.17, 15) is 14.4 Å². The number of nitrogens with zero attached hydrogens (tertiary/aromatic N) is 5. The average Bonchev–Trinajstić information content (AvgIpc) is 3.07. The molecule has 0 aliphatic heterocycles. The number of carbonyl (C=O) groups excluding carboxylic acids is 2. The van der Waals surface area contributed by atoms with Crippen molar-refractivity contribution in [2.75, 3.05) is 27.2 Å². The zero-order chi connectivity index (χ0) is 19.1. The number of likely N-dealkylation sites (N-methyl/N-ethyl adjacent to an activating group) is 1. The monoisotopic (exact) mass is 359 g/mol. The Labute approximate surface area is 150 Å². The van der Waals surface area contributed by atoms with Crippen molar-refractivity contribution in [3.05, 3.63) is 47.8 Å². The molecule has 0 saturated carbocycles. The van der Waals surface area contributed by atoms with Crippen molar-refractivity contribution in [3.63, 3.8) is 0 Å². The summed E-state index contributed by atoms with van der Waals surface area (Å²) in [6.45, 7) is -0.246. The first-order valence-electron chi connectivity index (χ1n) is 8.02. The molecule has 9 nitrogen and oxygen atoms in total. The van der Waals surface area contributed by atoms with E-state index in [2.05, 4.69) is 10.3 Å². The topological polar surface area (TPSA) is 109 Å². The van der Waals surface area contributed by atoms with Crippen molar-refractivity contribution >= 4 is 17.8 Å². The number of carboxylic acid groups (broad SMARTS) is 1. The van der Waals surface area contributed by atoms with Crippen molar-refractivity contribution in [2.24, 2.45) is 0 Å². The van der Waals surface area contributed by atoms with Crippen LogP contribution >= 0.6 is 0 Å². The van der Waals surface area contributed by atoms with Gasteiger partial charge in [0.1, 0.15) is 13.1 Å². The summed E-state index contributed by atoms with van der Waals surface area (Å²) in [5.41, 5.74) is 1.00. The summed E-state index contributed by atoms with van der Waals surface area (Å²) in [6, 6.07) is 9.47. The van der Waals surface area contributed by atoms with E-state index >= 15 is 0 Å². The highest BCUT2D eigenvalue weighted by atomic mass is 16.4. The first-order valence-corrected chi connectivity index (χ1v) is 8.02. The molecule has 0 aliphatic carbocycles. The maximum atomic E-state index is 12.6. The van der Waals surface area contributed by atoms with Crippen LogP contribution < -0.4 is 0 Å². The van der Waals surface area contributed by atoms with E-state index in [-0.39, 0.29) is 24.7 Å². The van der Waals surface area contributed by atoms with Crippen LogP contribution in [-0.2, 0) is 22.6 Å². The number of rotatable bonds is 8. The highest BCUT2D eigenvalue weighted by Crippen LogP contribution is 2.06. The SMILES string of the molecule is CN(C)C(=O)Cn1cc(C(=O)N(CCc2ccccc2)CC(=O)O)nn1. The summed E-state index contributed by atoms with van der Waals surface area (Å²) < 4.78 is 1.26. The molecule has 2 amide bonds. The molecule has 1 aromatic carbocycles. The molecule has 0 fully saturated rings. The maximum Gasteiger partial charge on any atom is 0.323 e. The second-order valence-corrected chi connectivity index (χ2v) is 5.95. The molecule has 0 unspecified atom stereocenters. The van der Waals surface area contributed by atoms with Crippen molar-refractivity contribution in [3.8, 4) is 0 Å². The summed E-state index contributed by atoms with van der Waals surface area (Å²) in [7, 11) is 3.23. The van der Waals surface area contributed by atoms with Gasteiger partial charge in [0.25, 0.3) is 5.91 Å². The highest BCUT2D eigenvalue weighted by molar-refractivity contribution is 5.93. The minimum absolute atomic E-state index is 0.00543. The number of aliphatic carboxylic acids is 1. The van der Waals surface area contributed by atoms with Crippen LogP contribution in [0, 0.1) is 0 Å². The fraction of sp³-hybridized carbons (Fsp3) is 0.353. The molecule has 138 valence electrons. The number of amides is 2. The molecule has 0 atom stereocenters. The van der Waals surface area contributed by atoms with Gasteiger partial charge in [0, 0.05) is 20.6 Å². The fourth-order valence-electron chi connectivity index (χ4n) is 2.24. The zero-order valence-electron chi connectivity index (χ0n) is 14.7. The van der Waals surface area contributed by atoms with Crippen molar-refractivity contribution < 1.29 is 19.5 Å². The molecule has 0 saturated heterocycles. The minimum atomic E-state index is -1.11. The third kappa shape index (κ3) is 5.40. The van der Waals surface area contributed by atoms with Gasteiger partial charge in [-0.2, -0.15) is 0 Å². The van der Waals surface area contributed by atoms with Crippen molar-refractivity contribution in [1.82, 2.24) is 24.8 Å². The predicted molar refractivity (Wildman–Crippen MR) is 92.4 cm³/mol. The lowest BCUT2D eigenvalue weighted by Gasteiger charge is -2.19. The van der Waals surface area contributed by atoms with Crippen LogP contribution in [0.1, 0.15) is 16.1 Å². The Balaban J connectivity index is 2.07. The third-order valence-corrected chi connectivity index (χ3v) is 3.68. The smallest absolute Gasteiger partial charge is 0.323 e. The summed E-state index contributed by atoms with van der Waals surface area (Å²) >= 11 is 0. The zero-order valence-corrected chi connectivity index (χ0v) is 14.7. The van der Waals surface area contributed by atoms with E-state index in [4.69, 9.17) is 5.11 Å². The molecule has 0 bridgehead atoms. The molecule has 9 heteroatoms. The number of hydrogen-bond acceptors (Lipinski definition) is 5. The maximum absolute atomic E-state index is 12.6. The van der Waals surface area contributed by atoms with Gasteiger partial charge in [-0.05, 0) is 12.0 Å². The summed E-state index contributed by atoms with van der Waals surface area (Å²) in [5, 5.41) is 16.6. The second-order valence-electron chi connectivity index (χ2n) is 5.95. The molecule has 0 aliphatic rings. The van der Waals surface area contributed by atoms with Crippen LogP contribution in [0.5, 0.6) is 0 Å². The van der Waals surface area contributed by atoms with E-state index in [0.717, 1.165) is 5.56 Å². The molecule has 0 spiro atoms. The van der Waals surface area contributed by atoms with Gasteiger partial charge in [-0.25, -0.2) is 4.68 Å². The van der Waals surface area contributed by atoms with Crippen LogP contribution in [-0.4, -0.2) is 74.9 Å². The molecule has 2 rings (SSSR count). The minimum Gasteiger partial charge on any atom is -0.480 e. The van der Waals surface area contributed by atoms with Gasteiger partial charge >= 0.3 is 5.97 Å². The largest absolute Gasteiger partial charge is 0.480 e. The van der Waals surface area contributed by atoms with Gasteiger partial charge in [0.2, 0.25) is 5.91 Å². The van der Waals surface area contributed by atoms with E-state index < -0.39 is 18.4 Å². The first kappa shape index (κ1) is 19.1. The number of carbonyl (C=O) groups is 3. The van der Waals surface area contributed by atoms with Crippen LogP contribution in [0.4, 0.5) is 0 Å². The summed E-state index contributed by atoms with van der Waals surface area (Å²) in [6.07, 6.45) is 1.87. The molecule has 0 radical (unpaired) electrons. The molecule has 1 N–H and O–H groups in total. The van der Waals surface area contributed by atoms with Gasteiger partial charge in [-0.15, -0.1) is 5.10 Å². The van der Waals surface area contributed by atoms with Gasteiger partial charge in [0.05, 0.1) is 6.20 Å². The molecule has 2 aromatic rings. The standard InChI is InChI=1S/C17H21N5O4/c1-20(2)15(23)11-22-10-14(18-19-22)17(26)21(12-16(24)25)9-8-13-6-4-3-5-7-13/h3-7,10H,8-9,11-12H2,1-2H3,(H,24,25). The van der Waals surface area contributed by atoms with Crippen LogP contribution in [0.25, 0.3) is 0 Å². The Morgan fingerprint density at radius 1 is 1.15 bits per heavy atom. The van der Waals surface area contributed by atoms with E-state index in [1.54, 1.807) is 14.1 Å². The van der Waals surface area contributed by atoms with Crippen LogP contribution in [0.2, 0.25) is 0 Å². The number of hydrogen-bond donors (Lipinski definition) is 1. The second kappa shape index (κ2) is 8.75. The van der Waals surface area contributed by atoms with E-state index in [1.165, 1.54) is 20.7 Å². The molecule has 1 aromatic heterocycles. The Morgan fingerprint density at radius 2 is 1.85 bits per heavy atom. The average molecular weight is 359 g/mol. The van der Waals surface area contributed by atoms with Crippen LogP contribution in [0.3, 0.4) is 0 Å². The van der Waals surface area contributed by atoms with Gasteiger partial charge in [0.15, 0.2) is 5.69 Å². The van der Waals surface area contributed by atoms with E-state index in [0.29, 0.717) is 6.42 Å². The Kier molecular flexibility index (Phi) is 6.42. The lowest BCUT2D eigenvalue weighted by Crippen LogP contribution is -2.37. The third-order valence-electron chi connectivity index (χ3n) is 3.68. The van der Waals surface area contributed by atoms with Gasteiger partial charge in [-0.3, -0.25) is 14.4 Å². The van der Waals surface area contributed by atoms with Gasteiger partial charge < -0.3 is 14.9 Å². The molecule has 26 heavy (non-hydrogen) atoms. The normalized spacial score (nSPS) is 10.4.